The van der Waals surface area contributed by atoms with E-state index in [2.05, 4.69) is 20.0 Å². The molecule has 0 spiro atoms. The Balaban J connectivity index is 1.82. The molecule has 0 amide bonds. The van der Waals surface area contributed by atoms with Crippen molar-refractivity contribution in [2.75, 3.05) is 5.32 Å². The maximum absolute atomic E-state index is 12.0. The predicted octanol–water partition coefficient (Wildman–Crippen LogP) is 1.34. The third-order valence-corrected chi connectivity index (χ3v) is 4.11. The van der Waals surface area contributed by atoms with Gasteiger partial charge in [-0.3, -0.25) is 0 Å². The summed E-state index contributed by atoms with van der Waals surface area (Å²) in [5.41, 5.74) is 1.03. The number of benzene rings is 1. The van der Waals surface area contributed by atoms with Crippen molar-refractivity contribution in [3.05, 3.63) is 54.2 Å². The molecule has 1 aliphatic heterocycles. The predicted molar refractivity (Wildman–Crippen MR) is 75.8 cm³/mol. The minimum atomic E-state index is -3.70. The van der Waals surface area contributed by atoms with E-state index in [0.29, 0.717) is 6.54 Å². The Labute approximate surface area is 116 Å². The summed E-state index contributed by atoms with van der Waals surface area (Å²) in [6.45, 7) is 0.477. The Morgan fingerprint density at radius 2 is 1.90 bits per heavy atom. The highest BCUT2D eigenvalue weighted by Gasteiger charge is 2.25. The van der Waals surface area contributed by atoms with E-state index >= 15 is 0 Å². The monoisotopic (exact) mass is 288 g/mol. The number of nitrogens with one attached hydrogen (secondary N) is 2. The number of anilines is 1. The van der Waals surface area contributed by atoms with Crippen LogP contribution in [0.1, 0.15) is 5.56 Å². The van der Waals surface area contributed by atoms with Crippen molar-refractivity contribution in [2.24, 2.45) is 4.40 Å². The molecule has 0 saturated carbocycles. The first-order chi connectivity index (χ1) is 9.65. The van der Waals surface area contributed by atoms with E-state index in [0.717, 1.165) is 5.56 Å². The lowest BCUT2D eigenvalue weighted by atomic mass is 10.2. The molecule has 1 aromatic heterocycles. The van der Waals surface area contributed by atoms with Gasteiger partial charge in [0.05, 0.1) is 0 Å². The standard InChI is InChI=1S/C13H12N4O2S/c18-20(19)11-7-4-8-14-12(11)16-13(17-20)15-9-10-5-2-1-3-6-10/h1-8H,9H2,(H2,14,15,16,17). The third kappa shape index (κ3) is 2.48. The molecular formula is C13H12N4O2S. The number of pyridine rings is 1. The molecule has 2 heterocycles. The second-order valence-electron chi connectivity index (χ2n) is 4.23. The van der Waals surface area contributed by atoms with Gasteiger partial charge in [-0.15, -0.1) is 4.40 Å². The highest BCUT2D eigenvalue weighted by Crippen LogP contribution is 2.23. The van der Waals surface area contributed by atoms with E-state index in [1.54, 1.807) is 6.07 Å². The zero-order valence-corrected chi connectivity index (χ0v) is 11.3. The lowest BCUT2D eigenvalue weighted by Crippen LogP contribution is -2.34. The lowest BCUT2D eigenvalue weighted by Gasteiger charge is -2.17. The van der Waals surface area contributed by atoms with Crippen LogP contribution in [0.3, 0.4) is 0 Å². The van der Waals surface area contributed by atoms with E-state index in [1.807, 2.05) is 30.3 Å². The van der Waals surface area contributed by atoms with Gasteiger partial charge in [0.15, 0.2) is 5.82 Å². The molecule has 102 valence electrons. The minimum absolute atomic E-state index is 0.0882. The minimum Gasteiger partial charge on any atom is -0.351 e. The van der Waals surface area contributed by atoms with Crippen molar-refractivity contribution in [1.82, 2.24) is 10.3 Å². The molecule has 0 atom stereocenters. The molecule has 7 heteroatoms. The fraction of sp³-hybridized carbons (Fsp3) is 0.0769. The first-order valence-electron chi connectivity index (χ1n) is 6.00. The Bertz CT molecular complexity index is 757. The SMILES string of the molecule is O=S1(=O)N=C(NCc2ccccc2)Nc2ncccc21. The molecule has 20 heavy (non-hydrogen) atoms. The van der Waals surface area contributed by atoms with E-state index < -0.39 is 10.0 Å². The number of nitrogens with zero attached hydrogens (tertiary/aromatic N) is 2. The summed E-state index contributed by atoms with van der Waals surface area (Å²) in [7, 11) is -3.70. The van der Waals surface area contributed by atoms with Gasteiger partial charge in [0, 0.05) is 12.7 Å². The van der Waals surface area contributed by atoms with Gasteiger partial charge in [0.25, 0.3) is 10.0 Å². The van der Waals surface area contributed by atoms with E-state index in [4.69, 9.17) is 0 Å². The Hall–Kier alpha value is -2.41. The van der Waals surface area contributed by atoms with Gasteiger partial charge < -0.3 is 10.6 Å². The second kappa shape index (κ2) is 4.93. The summed E-state index contributed by atoms with van der Waals surface area (Å²) in [6, 6.07) is 12.7. The van der Waals surface area contributed by atoms with Crippen molar-refractivity contribution in [1.29, 1.82) is 0 Å². The molecular weight excluding hydrogens is 276 g/mol. The molecule has 6 nitrogen and oxygen atoms in total. The van der Waals surface area contributed by atoms with Crippen molar-refractivity contribution in [3.8, 4) is 0 Å². The Kier molecular flexibility index (Phi) is 3.11. The van der Waals surface area contributed by atoms with Crippen LogP contribution in [0.15, 0.2) is 58.0 Å². The summed E-state index contributed by atoms with van der Waals surface area (Å²) in [5, 5.41) is 5.83. The third-order valence-electron chi connectivity index (χ3n) is 2.80. The van der Waals surface area contributed by atoms with Gasteiger partial charge in [-0.1, -0.05) is 30.3 Å². The summed E-state index contributed by atoms with van der Waals surface area (Å²) in [4.78, 5) is 4.10. The van der Waals surface area contributed by atoms with E-state index in [-0.39, 0.29) is 16.7 Å². The number of hydrogen-bond acceptors (Lipinski definition) is 5. The van der Waals surface area contributed by atoms with Crippen molar-refractivity contribution in [2.45, 2.75) is 11.4 Å². The van der Waals surface area contributed by atoms with Crippen LogP contribution in [0.2, 0.25) is 0 Å². The number of rotatable bonds is 2. The van der Waals surface area contributed by atoms with Crippen LogP contribution in [0, 0.1) is 0 Å². The summed E-state index contributed by atoms with van der Waals surface area (Å²) >= 11 is 0. The van der Waals surface area contributed by atoms with Gasteiger partial charge >= 0.3 is 0 Å². The summed E-state index contributed by atoms with van der Waals surface area (Å²) in [6.07, 6.45) is 1.53. The fourth-order valence-electron chi connectivity index (χ4n) is 1.86. The second-order valence-corrected chi connectivity index (χ2v) is 5.80. The molecule has 0 saturated heterocycles. The van der Waals surface area contributed by atoms with Crippen LogP contribution in [-0.4, -0.2) is 19.4 Å². The van der Waals surface area contributed by atoms with Crippen molar-refractivity contribution >= 4 is 21.8 Å². The highest BCUT2D eigenvalue weighted by atomic mass is 32.2. The van der Waals surface area contributed by atoms with Crippen molar-refractivity contribution in [3.63, 3.8) is 0 Å². The van der Waals surface area contributed by atoms with Gasteiger partial charge in [0.2, 0.25) is 5.96 Å². The van der Waals surface area contributed by atoms with Crippen LogP contribution in [-0.2, 0) is 16.6 Å². The van der Waals surface area contributed by atoms with E-state index in [9.17, 15) is 8.42 Å². The molecule has 1 aliphatic rings. The number of sulfonamides is 1. The van der Waals surface area contributed by atoms with Crippen LogP contribution < -0.4 is 10.6 Å². The smallest absolute Gasteiger partial charge is 0.289 e. The molecule has 0 unspecified atom stereocenters. The van der Waals surface area contributed by atoms with E-state index in [1.165, 1.54) is 12.3 Å². The van der Waals surface area contributed by atoms with Gasteiger partial charge in [-0.2, -0.15) is 8.42 Å². The van der Waals surface area contributed by atoms with Gasteiger partial charge in [-0.05, 0) is 17.7 Å². The van der Waals surface area contributed by atoms with Crippen molar-refractivity contribution < 1.29 is 8.42 Å². The van der Waals surface area contributed by atoms with Gasteiger partial charge in [-0.25, -0.2) is 4.98 Å². The fourth-order valence-corrected chi connectivity index (χ4v) is 2.90. The average molecular weight is 288 g/mol. The number of fused-ring (bicyclic) bond motifs is 1. The zero-order chi connectivity index (χ0) is 14.0. The maximum atomic E-state index is 12.0. The van der Waals surface area contributed by atoms with Crippen LogP contribution >= 0.6 is 0 Å². The number of aromatic nitrogens is 1. The normalized spacial score (nSPS) is 15.7. The largest absolute Gasteiger partial charge is 0.351 e. The summed E-state index contributed by atoms with van der Waals surface area (Å²) < 4.78 is 27.7. The van der Waals surface area contributed by atoms with Crippen LogP contribution in [0.4, 0.5) is 5.82 Å². The van der Waals surface area contributed by atoms with Gasteiger partial charge in [0.1, 0.15) is 4.90 Å². The molecule has 2 aromatic rings. The number of hydrogen-bond donors (Lipinski definition) is 2. The molecule has 1 aromatic carbocycles. The maximum Gasteiger partial charge on any atom is 0.289 e. The molecule has 0 bridgehead atoms. The molecule has 2 N–H and O–H groups in total. The Morgan fingerprint density at radius 1 is 1.10 bits per heavy atom. The topological polar surface area (TPSA) is 83.5 Å². The number of guanidine groups is 1. The first-order valence-corrected chi connectivity index (χ1v) is 7.44. The zero-order valence-electron chi connectivity index (χ0n) is 10.4. The summed E-state index contributed by atoms with van der Waals surface area (Å²) in [5.74, 6) is 0.470. The average Bonchev–Trinajstić information content (AvgIpc) is 2.46. The lowest BCUT2D eigenvalue weighted by molar-refractivity contribution is 0.597. The quantitative estimate of drug-likeness (QED) is 0.871. The molecule has 0 radical (unpaired) electrons. The van der Waals surface area contributed by atoms with Crippen LogP contribution in [0.25, 0.3) is 0 Å². The van der Waals surface area contributed by atoms with Crippen LogP contribution in [0.5, 0.6) is 0 Å². The first kappa shape index (κ1) is 12.6. The highest BCUT2D eigenvalue weighted by molar-refractivity contribution is 7.90. The molecule has 0 aliphatic carbocycles. The molecule has 3 rings (SSSR count). The molecule has 0 fully saturated rings. The Morgan fingerprint density at radius 3 is 2.70 bits per heavy atom.